The molecule has 2 heterocycles. The highest BCUT2D eigenvalue weighted by molar-refractivity contribution is 6.08. The zero-order valence-corrected chi connectivity index (χ0v) is 15.0. The van der Waals surface area contributed by atoms with Crippen molar-refractivity contribution in [2.24, 2.45) is 0 Å². The Hall–Kier alpha value is -2.82. The van der Waals surface area contributed by atoms with Gasteiger partial charge in [-0.15, -0.1) is 0 Å². The van der Waals surface area contributed by atoms with Gasteiger partial charge >= 0.3 is 0 Å². The second-order valence-electron chi connectivity index (χ2n) is 6.06. The molecule has 0 atom stereocenters. The summed E-state index contributed by atoms with van der Waals surface area (Å²) in [5, 5.41) is 2.97. The van der Waals surface area contributed by atoms with Crippen LogP contribution in [0.3, 0.4) is 0 Å². The molecule has 5 nitrogen and oxygen atoms in total. The SMILES string of the molecule is CCOc1cccc2c1OCC(C(=O)Nc1c(C)cc(C)nc1C)=C2. The van der Waals surface area contributed by atoms with Gasteiger partial charge in [0.05, 0.1) is 23.6 Å². The minimum Gasteiger partial charge on any atom is -0.490 e. The molecule has 3 rings (SSSR count). The maximum absolute atomic E-state index is 12.7. The van der Waals surface area contributed by atoms with Gasteiger partial charge in [-0.3, -0.25) is 9.78 Å². The molecule has 0 saturated heterocycles. The first-order valence-electron chi connectivity index (χ1n) is 8.35. The molecule has 25 heavy (non-hydrogen) atoms. The number of aryl methyl sites for hydroxylation is 3. The predicted octanol–water partition coefficient (Wildman–Crippen LogP) is 3.82. The zero-order chi connectivity index (χ0) is 18.0. The standard InChI is InChI=1S/C20H22N2O3/c1-5-24-17-8-6-7-15-10-16(11-25-19(15)17)20(23)22-18-12(2)9-13(3)21-14(18)4/h6-10H,5,11H2,1-4H3,(H,22,23). The fourth-order valence-electron chi connectivity index (χ4n) is 2.99. The number of aromatic nitrogens is 1. The van der Waals surface area contributed by atoms with Crippen LogP contribution in [0.2, 0.25) is 0 Å². The molecule has 0 fully saturated rings. The largest absolute Gasteiger partial charge is 0.490 e. The third kappa shape index (κ3) is 3.50. The molecule has 0 aliphatic carbocycles. The Morgan fingerprint density at radius 2 is 2.12 bits per heavy atom. The van der Waals surface area contributed by atoms with E-state index in [4.69, 9.17) is 9.47 Å². The smallest absolute Gasteiger partial charge is 0.255 e. The Bertz CT molecular complexity index is 833. The summed E-state index contributed by atoms with van der Waals surface area (Å²) in [5.74, 6) is 1.21. The molecule has 0 spiro atoms. The third-order valence-electron chi connectivity index (χ3n) is 4.07. The molecule has 1 aromatic heterocycles. The van der Waals surface area contributed by atoms with Crippen molar-refractivity contribution in [2.45, 2.75) is 27.7 Å². The lowest BCUT2D eigenvalue weighted by atomic mass is 10.1. The van der Waals surface area contributed by atoms with E-state index in [9.17, 15) is 4.79 Å². The molecule has 130 valence electrons. The van der Waals surface area contributed by atoms with E-state index in [0.29, 0.717) is 23.7 Å². The summed E-state index contributed by atoms with van der Waals surface area (Å²) in [5.41, 5.74) is 4.91. The average molecular weight is 338 g/mol. The summed E-state index contributed by atoms with van der Waals surface area (Å²) in [6.07, 6.45) is 1.85. The lowest BCUT2D eigenvalue weighted by molar-refractivity contribution is -0.113. The number of carbonyl (C=O) groups is 1. The molecule has 0 unspecified atom stereocenters. The van der Waals surface area contributed by atoms with E-state index >= 15 is 0 Å². The molecule has 1 amide bonds. The van der Waals surface area contributed by atoms with Crippen molar-refractivity contribution in [3.63, 3.8) is 0 Å². The van der Waals surface area contributed by atoms with Gasteiger partial charge in [-0.05, 0) is 51.5 Å². The van der Waals surface area contributed by atoms with Crippen molar-refractivity contribution >= 4 is 17.7 Å². The highest BCUT2D eigenvalue weighted by Crippen LogP contribution is 2.36. The van der Waals surface area contributed by atoms with E-state index in [1.165, 1.54) is 0 Å². The van der Waals surface area contributed by atoms with Gasteiger partial charge < -0.3 is 14.8 Å². The van der Waals surface area contributed by atoms with Crippen LogP contribution in [0.25, 0.3) is 6.08 Å². The number of anilines is 1. The number of fused-ring (bicyclic) bond motifs is 1. The first-order chi connectivity index (χ1) is 12.0. The number of benzene rings is 1. The Labute approximate surface area is 147 Å². The number of rotatable bonds is 4. The fraction of sp³-hybridized carbons (Fsp3) is 0.300. The number of carbonyl (C=O) groups excluding carboxylic acids is 1. The zero-order valence-electron chi connectivity index (χ0n) is 15.0. The van der Waals surface area contributed by atoms with Gasteiger partial charge in [0.1, 0.15) is 6.61 Å². The van der Waals surface area contributed by atoms with Gasteiger partial charge in [-0.1, -0.05) is 12.1 Å². The van der Waals surface area contributed by atoms with Crippen LogP contribution in [0.15, 0.2) is 29.8 Å². The van der Waals surface area contributed by atoms with Crippen LogP contribution in [-0.4, -0.2) is 24.1 Å². The quantitative estimate of drug-likeness (QED) is 0.920. The van der Waals surface area contributed by atoms with Gasteiger partial charge in [0.25, 0.3) is 5.91 Å². The summed E-state index contributed by atoms with van der Waals surface area (Å²) in [7, 11) is 0. The van der Waals surface area contributed by atoms with Gasteiger partial charge in [0.2, 0.25) is 0 Å². The Kier molecular flexibility index (Phi) is 4.74. The van der Waals surface area contributed by atoms with Gasteiger partial charge in [-0.25, -0.2) is 0 Å². The van der Waals surface area contributed by atoms with Crippen molar-refractivity contribution < 1.29 is 14.3 Å². The molecule has 5 heteroatoms. The Balaban J connectivity index is 1.86. The van der Waals surface area contributed by atoms with Gasteiger partial charge in [-0.2, -0.15) is 0 Å². The number of nitrogens with zero attached hydrogens (tertiary/aromatic N) is 1. The van der Waals surface area contributed by atoms with E-state index in [0.717, 1.165) is 28.2 Å². The molecule has 0 saturated carbocycles. The van der Waals surface area contributed by atoms with Crippen LogP contribution in [0.1, 0.15) is 29.4 Å². The summed E-state index contributed by atoms with van der Waals surface area (Å²) in [6.45, 7) is 8.50. The highest BCUT2D eigenvalue weighted by Gasteiger charge is 2.21. The highest BCUT2D eigenvalue weighted by atomic mass is 16.5. The van der Waals surface area contributed by atoms with Crippen molar-refractivity contribution in [1.29, 1.82) is 0 Å². The van der Waals surface area contributed by atoms with Crippen LogP contribution in [-0.2, 0) is 4.79 Å². The molecule has 1 aliphatic heterocycles. The minimum absolute atomic E-state index is 0.177. The number of pyridine rings is 1. The molecule has 0 bridgehead atoms. The van der Waals surface area contributed by atoms with E-state index in [1.807, 2.05) is 58.0 Å². The average Bonchev–Trinajstić information content (AvgIpc) is 2.58. The number of amides is 1. The minimum atomic E-state index is -0.177. The van der Waals surface area contributed by atoms with Gasteiger partial charge in [0.15, 0.2) is 11.5 Å². The van der Waals surface area contributed by atoms with Crippen LogP contribution < -0.4 is 14.8 Å². The van der Waals surface area contributed by atoms with Crippen LogP contribution in [0.5, 0.6) is 11.5 Å². The van der Waals surface area contributed by atoms with Crippen molar-refractivity contribution in [3.05, 3.63) is 52.4 Å². The maximum Gasteiger partial charge on any atom is 0.255 e. The summed E-state index contributed by atoms with van der Waals surface area (Å²) in [4.78, 5) is 17.1. The van der Waals surface area contributed by atoms with Crippen molar-refractivity contribution in [1.82, 2.24) is 4.98 Å². The summed E-state index contributed by atoms with van der Waals surface area (Å²) < 4.78 is 11.4. The lowest BCUT2D eigenvalue weighted by Gasteiger charge is -2.20. The first-order valence-corrected chi connectivity index (χ1v) is 8.35. The topological polar surface area (TPSA) is 60.5 Å². The number of hydrogen-bond donors (Lipinski definition) is 1. The van der Waals surface area contributed by atoms with Gasteiger partial charge in [0, 0.05) is 11.3 Å². The van der Waals surface area contributed by atoms with Crippen LogP contribution in [0, 0.1) is 20.8 Å². The van der Waals surface area contributed by atoms with Crippen molar-refractivity contribution in [3.8, 4) is 11.5 Å². The number of hydrogen-bond acceptors (Lipinski definition) is 4. The molecule has 0 radical (unpaired) electrons. The molecular weight excluding hydrogens is 316 g/mol. The molecule has 1 N–H and O–H groups in total. The van der Waals surface area contributed by atoms with E-state index in [-0.39, 0.29) is 12.5 Å². The predicted molar refractivity (Wildman–Crippen MR) is 98.2 cm³/mol. The van der Waals surface area contributed by atoms with E-state index in [1.54, 1.807) is 0 Å². The second-order valence-corrected chi connectivity index (χ2v) is 6.06. The van der Waals surface area contributed by atoms with Crippen LogP contribution >= 0.6 is 0 Å². The Morgan fingerprint density at radius 3 is 2.84 bits per heavy atom. The molecule has 2 aromatic rings. The normalized spacial score (nSPS) is 12.7. The Morgan fingerprint density at radius 1 is 1.32 bits per heavy atom. The fourth-order valence-corrected chi connectivity index (χ4v) is 2.99. The number of ether oxygens (including phenoxy) is 2. The molecule has 1 aromatic carbocycles. The summed E-state index contributed by atoms with van der Waals surface area (Å²) in [6, 6.07) is 7.63. The van der Waals surface area contributed by atoms with Crippen molar-refractivity contribution in [2.75, 3.05) is 18.5 Å². The van der Waals surface area contributed by atoms with E-state index < -0.39 is 0 Å². The summed E-state index contributed by atoms with van der Waals surface area (Å²) >= 11 is 0. The molecular formula is C20H22N2O3. The number of para-hydroxylation sites is 1. The maximum atomic E-state index is 12.7. The first kappa shape index (κ1) is 17.0. The second kappa shape index (κ2) is 6.97. The monoisotopic (exact) mass is 338 g/mol. The lowest BCUT2D eigenvalue weighted by Crippen LogP contribution is -2.22. The third-order valence-corrected chi connectivity index (χ3v) is 4.07. The number of nitrogens with one attached hydrogen (secondary N) is 1. The van der Waals surface area contributed by atoms with Crippen LogP contribution in [0.4, 0.5) is 5.69 Å². The molecule has 1 aliphatic rings. The van der Waals surface area contributed by atoms with E-state index in [2.05, 4.69) is 10.3 Å².